The van der Waals surface area contributed by atoms with E-state index in [4.69, 9.17) is 9.47 Å². The molecule has 21 heavy (non-hydrogen) atoms. The summed E-state index contributed by atoms with van der Waals surface area (Å²) < 4.78 is 11.4. The van der Waals surface area contributed by atoms with Gasteiger partial charge in [0.05, 0.1) is 17.4 Å². The molecule has 2 heterocycles. The van der Waals surface area contributed by atoms with Crippen molar-refractivity contribution in [2.45, 2.75) is 25.9 Å². The maximum absolute atomic E-state index is 12.8. The molecule has 5 nitrogen and oxygen atoms in total. The summed E-state index contributed by atoms with van der Waals surface area (Å²) in [5, 5.41) is 3.27. The van der Waals surface area contributed by atoms with Gasteiger partial charge in [-0.05, 0) is 31.9 Å². The Balaban J connectivity index is 1.79. The third-order valence-corrected chi connectivity index (χ3v) is 3.98. The number of fused-ring (bicyclic) bond motifs is 1. The number of carbonyl (C=O) groups is 1. The summed E-state index contributed by atoms with van der Waals surface area (Å²) in [5.74, 6) is 0.729. The van der Waals surface area contributed by atoms with Gasteiger partial charge in [-0.2, -0.15) is 0 Å². The molecule has 0 aromatic heterocycles. The molecule has 0 aliphatic carbocycles. The molecule has 1 unspecified atom stereocenters. The summed E-state index contributed by atoms with van der Waals surface area (Å²) in [6.45, 7) is 5.53. The van der Waals surface area contributed by atoms with E-state index in [2.05, 4.69) is 5.32 Å². The zero-order valence-corrected chi connectivity index (χ0v) is 12.4. The molecule has 1 saturated heterocycles. The number of para-hydroxylation sites is 1. The highest BCUT2D eigenvalue weighted by Crippen LogP contribution is 2.32. The highest BCUT2D eigenvalue weighted by Gasteiger charge is 2.28. The zero-order chi connectivity index (χ0) is 14.7. The molecule has 0 saturated carbocycles. The SMILES string of the molecule is CCOC1CCCN(C(=O)c2cccc3c2OCCN3)C1. The number of piperidine rings is 1. The van der Waals surface area contributed by atoms with Crippen LogP contribution >= 0.6 is 0 Å². The number of amides is 1. The normalized spacial score (nSPS) is 21.2. The predicted molar refractivity (Wildman–Crippen MR) is 81.0 cm³/mol. The average molecular weight is 290 g/mol. The Morgan fingerprint density at radius 1 is 1.52 bits per heavy atom. The Kier molecular flexibility index (Phi) is 4.29. The van der Waals surface area contributed by atoms with E-state index in [1.165, 1.54) is 0 Å². The largest absolute Gasteiger partial charge is 0.489 e. The summed E-state index contributed by atoms with van der Waals surface area (Å²) in [5.41, 5.74) is 1.56. The first-order valence-electron chi connectivity index (χ1n) is 7.70. The first-order chi connectivity index (χ1) is 10.3. The number of nitrogens with zero attached hydrogens (tertiary/aromatic N) is 1. The van der Waals surface area contributed by atoms with Gasteiger partial charge in [-0.3, -0.25) is 4.79 Å². The number of carbonyl (C=O) groups excluding carboxylic acids is 1. The van der Waals surface area contributed by atoms with Crippen molar-refractivity contribution >= 4 is 11.6 Å². The Hall–Kier alpha value is -1.75. The standard InChI is InChI=1S/C16H22N2O3/c1-2-20-12-5-4-9-18(11-12)16(19)13-6-3-7-14-15(13)21-10-8-17-14/h3,6-7,12,17H,2,4-5,8-11H2,1H3. The molecule has 1 aromatic carbocycles. The minimum Gasteiger partial charge on any atom is -0.489 e. The van der Waals surface area contributed by atoms with Crippen molar-refractivity contribution in [2.24, 2.45) is 0 Å². The van der Waals surface area contributed by atoms with Gasteiger partial charge in [-0.25, -0.2) is 0 Å². The molecule has 0 radical (unpaired) electrons. The number of benzene rings is 1. The highest BCUT2D eigenvalue weighted by molar-refractivity contribution is 5.99. The summed E-state index contributed by atoms with van der Waals surface area (Å²) in [4.78, 5) is 14.7. The van der Waals surface area contributed by atoms with E-state index >= 15 is 0 Å². The van der Waals surface area contributed by atoms with E-state index in [1.807, 2.05) is 30.0 Å². The van der Waals surface area contributed by atoms with Crippen LogP contribution < -0.4 is 10.1 Å². The van der Waals surface area contributed by atoms with Crippen LogP contribution in [0, 0.1) is 0 Å². The second-order valence-corrected chi connectivity index (χ2v) is 5.43. The van der Waals surface area contributed by atoms with E-state index < -0.39 is 0 Å². The molecule has 5 heteroatoms. The Morgan fingerprint density at radius 3 is 3.29 bits per heavy atom. The maximum atomic E-state index is 12.8. The van der Waals surface area contributed by atoms with Gasteiger partial charge in [0.25, 0.3) is 5.91 Å². The predicted octanol–water partition coefficient (Wildman–Crippen LogP) is 2.13. The molecule has 1 fully saturated rings. The number of nitrogens with one attached hydrogen (secondary N) is 1. The van der Waals surface area contributed by atoms with E-state index in [0.717, 1.165) is 31.6 Å². The van der Waals surface area contributed by atoms with Crippen molar-refractivity contribution in [3.63, 3.8) is 0 Å². The smallest absolute Gasteiger partial charge is 0.257 e. The summed E-state index contributed by atoms with van der Waals surface area (Å²) in [7, 11) is 0. The van der Waals surface area contributed by atoms with Gasteiger partial charge in [0.1, 0.15) is 6.61 Å². The van der Waals surface area contributed by atoms with Gasteiger partial charge in [0.15, 0.2) is 5.75 Å². The Bertz CT molecular complexity index is 516. The second-order valence-electron chi connectivity index (χ2n) is 5.43. The van der Waals surface area contributed by atoms with Crippen molar-refractivity contribution in [2.75, 3.05) is 38.2 Å². The number of ether oxygens (including phenoxy) is 2. The molecule has 1 aromatic rings. The molecule has 1 amide bonds. The van der Waals surface area contributed by atoms with Crippen LogP contribution in [0.3, 0.4) is 0 Å². The van der Waals surface area contributed by atoms with Crippen LogP contribution in [0.4, 0.5) is 5.69 Å². The molecule has 1 N–H and O–H groups in total. The maximum Gasteiger partial charge on any atom is 0.257 e. The van der Waals surface area contributed by atoms with Gasteiger partial charge in [-0.15, -0.1) is 0 Å². The third-order valence-electron chi connectivity index (χ3n) is 3.98. The summed E-state index contributed by atoms with van der Waals surface area (Å²) in [6, 6.07) is 5.70. The quantitative estimate of drug-likeness (QED) is 0.926. The van der Waals surface area contributed by atoms with E-state index in [-0.39, 0.29) is 12.0 Å². The fourth-order valence-electron chi connectivity index (χ4n) is 3.00. The van der Waals surface area contributed by atoms with Crippen LogP contribution in [0.2, 0.25) is 0 Å². The third kappa shape index (κ3) is 2.97. The van der Waals surface area contributed by atoms with Crippen molar-refractivity contribution in [1.29, 1.82) is 0 Å². The van der Waals surface area contributed by atoms with Gasteiger partial charge in [0, 0.05) is 26.2 Å². The topological polar surface area (TPSA) is 50.8 Å². The molecule has 1 atom stereocenters. The molecule has 0 bridgehead atoms. The Labute approximate surface area is 125 Å². The first-order valence-corrected chi connectivity index (χ1v) is 7.70. The van der Waals surface area contributed by atoms with Crippen LogP contribution in [-0.4, -0.2) is 49.8 Å². The van der Waals surface area contributed by atoms with Crippen molar-refractivity contribution in [1.82, 2.24) is 4.90 Å². The van der Waals surface area contributed by atoms with Crippen LogP contribution in [0.15, 0.2) is 18.2 Å². The monoisotopic (exact) mass is 290 g/mol. The summed E-state index contributed by atoms with van der Waals surface area (Å²) in [6.07, 6.45) is 2.18. The number of likely N-dealkylation sites (tertiary alicyclic amines) is 1. The van der Waals surface area contributed by atoms with Crippen molar-refractivity contribution in [3.05, 3.63) is 23.8 Å². The Morgan fingerprint density at radius 2 is 2.43 bits per heavy atom. The lowest BCUT2D eigenvalue weighted by Gasteiger charge is -2.33. The van der Waals surface area contributed by atoms with Crippen LogP contribution in [0.5, 0.6) is 5.75 Å². The van der Waals surface area contributed by atoms with Gasteiger partial charge in [-0.1, -0.05) is 6.07 Å². The van der Waals surface area contributed by atoms with Crippen molar-refractivity contribution < 1.29 is 14.3 Å². The number of anilines is 1. The molecule has 114 valence electrons. The van der Waals surface area contributed by atoms with E-state index in [9.17, 15) is 4.79 Å². The average Bonchev–Trinajstić information content (AvgIpc) is 2.54. The van der Waals surface area contributed by atoms with Gasteiger partial charge in [0.2, 0.25) is 0 Å². The van der Waals surface area contributed by atoms with E-state index in [1.54, 1.807) is 0 Å². The molecular formula is C16H22N2O3. The first kappa shape index (κ1) is 14.2. The minimum atomic E-state index is 0.0416. The molecule has 2 aliphatic rings. The molecule has 2 aliphatic heterocycles. The zero-order valence-electron chi connectivity index (χ0n) is 12.4. The van der Waals surface area contributed by atoms with Crippen LogP contribution in [0.25, 0.3) is 0 Å². The lowest BCUT2D eigenvalue weighted by molar-refractivity contribution is 0.00711. The van der Waals surface area contributed by atoms with E-state index in [0.29, 0.717) is 31.1 Å². The number of hydrogen-bond donors (Lipinski definition) is 1. The molecule has 3 rings (SSSR count). The lowest BCUT2D eigenvalue weighted by Crippen LogP contribution is -2.43. The van der Waals surface area contributed by atoms with Crippen LogP contribution in [-0.2, 0) is 4.74 Å². The number of rotatable bonds is 3. The molecule has 0 spiro atoms. The summed E-state index contributed by atoms with van der Waals surface area (Å²) >= 11 is 0. The molecular weight excluding hydrogens is 268 g/mol. The fourth-order valence-corrected chi connectivity index (χ4v) is 3.00. The van der Waals surface area contributed by atoms with Crippen molar-refractivity contribution in [3.8, 4) is 5.75 Å². The second kappa shape index (κ2) is 6.35. The van der Waals surface area contributed by atoms with Gasteiger partial charge < -0.3 is 19.7 Å². The minimum absolute atomic E-state index is 0.0416. The van der Waals surface area contributed by atoms with Crippen LogP contribution in [0.1, 0.15) is 30.1 Å². The highest BCUT2D eigenvalue weighted by atomic mass is 16.5. The number of hydrogen-bond acceptors (Lipinski definition) is 4. The lowest BCUT2D eigenvalue weighted by atomic mass is 10.1. The fraction of sp³-hybridized carbons (Fsp3) is 0.562. The van der Waals surface area contributed by atoms with Gasteiger partial charge >= 0.3 is 0 Å².